The Labute approximate surface area is 124 Å². The molecule has 1 unspecified atom stereocenters. The van der Waals surface area contributed by atoms with Crippen LogP contribution in [0.25, 0.3) is 0 Å². The van der Waals surface area contributed by atoms with Crippen LogP contribution in [-0.4, -0.2) is 23.5 Å². The van der Waals surface area contributed by atoms with E-state index in [-0.39, 0.29) is 30.2 Å². The van der Waals surface area contributed by atoms with Gasteiger partial charge in [0.2, 0.25) is 5.91 Å². The third-order valence-electron chi connectivity index (χ3n) is 4.23. The number of aliphatic carboxylic acids is 1. The van der Waals surface area contributed by atoms with E-state index in [1.165, 1.54) is 0 Å². The molecule has 4 N–H and O–H groups in total. The van der Waals surface area contributed by atoms with E-state index in [4.69, 9.17) is 10.8 Å². The molecule has 5 nitrogen and oxygen atoms in total. The number of carbonyl (C=O) groups excluding carboxylic acids is 1. The number of amides is 1. The van der Waals surface area contributed by atoms with Gasteiger partial charge in [0, 0.05) is 19.0 Å². The van der Waals surface area contributed by atoms with Crippen molar-refractivity contribution in [2.45, 2.75) is 38.1 Å². The summed E-state index contributed by atoms with van der Waals surface area (Å²) in [7, 11) is 0. The van der Waals surface area contributed by atoms with Gasteiger partial charge in [0.25, 0.3) is 0 Å². The molecular weight excluding hydrogens is 268 g/mol. The maximum atomic E-state index is 12.0. The van der Waals surface area contributed by atoms with Crippen LogP contribution in [0.1, 0.15) is 43.7 Å². The highest BCUT2D eigenvalue weighted by atomic mass is 16.4. The number of benzene rings is 1. The Bertz CT molecular complexity index is 498. The smallest absolute Gasteiger partial charge is 0.303 e. The minimum Gasteiger partial charge on any atom is -0.481 e. The number of hydrogen-bond donors (Lipinski definition) is 3. The van der Waals surface area contributed by atoms with E-state index in [1.807, 2.05) is 30.3 Å². The van der Waals surface area contributed by atoms with Crippen molar-refractivity contribution in [1.82, 2.24) is 5.32 Å². The highest BCUT2D eigenvalue weighted by molar-refractivity contribution is 5.77. The Morgan fingerprint density at radius 2 is 1.95 bits per heavy atom. The first kappa shape index (κ1) is 15.5. The lowest BCUT2D eigenvalue weighted by Crippen LogP contribution is -2.44. The number of nitrogens with two attached hydrogens (primary N) is 1. The second kappa shape index (κ2) is 6.72. The monoisotopic (exact) mass is 290 g/mol. The van der Waals surface area contributed by atoms with Gasteiger partial charge in [0.15, 0.2) is 0 Å². The molecule has 1 saturated carbocycles. The van der Waals surface area contributed by atoms with Gasteiger partial charge < -0.3 is 16.2 Å². The van der Waals surface area contributed by atoms with Crippen molar-refractivity contribution in [2.75, 3.05) is 6.54 Å². The van der Waals surface area contributed by atoms with Crippen LogP contribution in [0.4, 0.5) is 0 Å². The molecule has 1 fully saturated rings. The molecule has 0 spiro atoms. The summed E-state index contributed by atoms with van der Waals surface area (Å²) in [6.07, 6.45) is 3.10. The van der Waals surface area contributed by atoms with Crippen molar-refractivity contribution in [3.8, 4) is 0 Å². The summed E-state index contributed by atoms with van der Waals surface area (Å²) in [5.74, 6) is -0.923. The van der Waals surface area contributed by atoms with E-state index in [0.717, 1.165) is 24.8 Å². The first-order valence-electron chi connectivity index (χ1n) is 7.30. The first-order chi connectivity index (χ1) is 10.0. The van der Waals surface area contributed by atoms with E-state index in [2.05, 4.69) is 5.32 Å². The highest BCUT2D eigenvalue weighted by Crippen LogP contribution is 2.43. The van der Waals surface area contributed by atoms with Crippen molar-refractivity contribution in [3.05, 3.63) is 35.9 Å². The van der Waals surface area contributed by atoms with E-state index in [9.17, 15) is 9.59 Å². The number of carboxylic acids is 1. The van der Waals surface area contributed by atoms with Crippen LogP contribution in [0.15, 0.2) is 30.3 Å². The zero-order valence-corrected chi connectivity index (χ0v) is 12.0. The zero-order chi connectivity index (χ0) is 15.3. The number of hydrogen-bond acceptors (Lipinski definition) is 3. The standard InChI is InChI=1S/C16H22N2O3/c17-13(12-5-2-1-3-6-12)9-14(19)18-11-16(7-4-8-16)10-15(20)21/h1-3,5-6,13H,4,7-11,17H2,(H,18,19)(H,20,21). The largest absolute Gasteiger partial charge is 0.481 e. The molecule has 1 aliphatic rings. The van der Waals surface area contributed by atoms with Gasteiger partial charge in [0.1, 0.15) is 0 Å². The lowest BCUT2D eigenvalue weighted by Gasteiger charge is -2.40. The van der Waals surface area contributed by atoms with Crippen molar-refractivity contribution >= 4 is 11.9 Å². The summed E-state index contributed by atoms with van der Waals surface area (Å²) in [6, 6.07) is 9.16. The topological polar surface area (TPSA) is 92.4 Å². The molecule has 0 saturated heterocycles. The average molecular weight is 290 g/mol. The first-order valence-corrected chi connectivity index (χ1v) is 7.30. The van der Waals surface area contributed by atoms with Crippen LogP contribution in [0.5, 0.6) is 0 Å². The van der Waals surface area contributed by atoms with Crippen molar-refractivity contribution in [2.24, 2.45) is 11.1 Å². The van der Waals surface area contributed by atoms with Gasteiger partial charge in [-0.25, -0.2) is 0 Å². The van der Waals surface area contributed by atoms with Crippen LogP contribution in [0.3, 0.4) is 0 Å². The molecule has 1 aromatic rings. The quantitative estimate of drug-likeness (QED) is 0.714. The van der Waals surface area contributed by atoms with Gasteiger partial charge in [-0.1, -0.05) is 36.8 Å². The molecule has 5 heteroatoms. The van der Waals surface area contributed by atoms with Crippen LogP contribution in [-0.2, 0) is 9.59 Å². The Kier molecular flexibility index (Phi) is 4.96. The third kappa shape index (κ3) is 4.29. The Hall–Kier alpha value is -1.88. The van der Waals surface area contributed by atoms with Gasteiger partial charge >= 0.3 is 5.97 Å². The van der Waals surface area contributed by atoms with E-state index in [1.54, 1.807) is 0 Å². The summed E-state index contributed by atoms with van der Waals surface area (Å²) in [4.78, 5) is 22.8. The average Bonchev–Trinajstić information content (AvgIpc) is 2.42. The maximum absolute atomic E-state index is 12.0. The Morgan fingerprint density at radius 1 is 1.29 bits per heavy atom. The second-order valence-corrected chi connectivity index (χ2v) is 5.92. The Balaban J connectivity index is 1.81. The van der Waals surface area contributed by atoms with Gasteiger partial charge in [-0.05, 0) is 23.8 Å². The van der Waals surface area contributed by atoms with Crippen LogP contribution in [0, 0.1) is 5.41 Å². The summed E-state index contributed by atoms with van der Waals surface area (Å²) in [6.45, 7) is 0.430. The van der Waals surface area contributed by atoms with Crippen molar-refractivity contribution < 1.29 is 14.7 Å². The maximum Gasteiger partial charge on any atom is 0.303 e. The lowest BCUT2D eigenvalue weighted by molar-refractivity contribution is -0.141. The van der Waals surface area contributed by atoms with E-state index < -0.39 is 5.97 Å². The summed E-state index contributed by atoms with van der Waals surface area (Å²) in [5, 5.41) is 11.8. The number of rotatable bonds is 7. The Morgan fingerprint density at radius 3 is 2.48 bits per heavy atom. The number of nitrogens with one attached hydrogen (secondary N) is 1. The molecule has 0 radical (unpaired) electrons. The van der Waals surface area contributed by atoms with Crippen LogP contribution in [0.2, 0.25) is 0 Å². The fraction of sp³-hybridized carbons (Fsp3) is 0.500. The van der Waals surface area contributed by atoms with Crippen LogP contribution < -0.4 is 11.1 Å². The summed E-state index contributed by atoms with van der Waals surface area (Å²) >= 11 is 0. The zero-order valence-electron chi connectivity index (χ0n) is 12.0. The molecule has 0 bridgehead atoms. The molecule has 0 aliphatic heterocycles. The van der Waals surface area contributed by atoms with Crippen molar-refractivity contribution in [3.63, 3.8) is 0 Å². The van der Waals surface area contributed by atoms with Crippen LogP contribution >= 0.6 is 0 Å². The normalized spacial score (nSPS) is 17.6. The number of carbonyl (C=O) groups is 2. The minimum absolute atomic E-state index is 0.122. The predicted molar refractivity (Wildman–Crippen MR) is 79.5 cm³/mol. The van der Waals surface area contributed by atoms with Gasteiger partial charge in [-0.2, -0.15) is 0 Å². The third-order valence-corrected chi connectivity index (χ3v) is 4.23. The minimum atomic E-state index is -0.801. The molecule has 114 valence electrons. The molecule has 0 aromatic heterocycles. The summed E-state index contributed by atoms with van der Waals surface area (Å²) in [5.41, 5.74) is 6.68. The highest BCUT2D eigenvalue weighted by Gasteiger charge is 2.39. The fourth-order valence-corrected chi connectivity index (χ4v) is 2.79. The van der Waals surface area contributed by atoms with Gasteiger partial charge in [-0.3, -0.25) is 9.59 Å². The number of carboxylic acid groups (broad SMARTS) is 1. The van der Waals surface area contributed by atoms with Crippen molar-refractivity contribution in [1.29, 1.82) is 0 Å². The van der Waals surface area contributed by atoms with Gasteiger partial charge in [-0.15, -0.1) is 0 Å². The SMILES string of the molecule is NC(CC(=O)NCC1(CC(=O)O)CCC1)c1ccccc1. The second-order valence-electron chi connectivity index (χ2n) is 5.92. The summed E-state index contributed by atoms with van der Waals surface area (Å²) < 4.78 is 0. The molecule has 1 atom stereocenters. The molecule has 1 aliphatic carbocycles. The lowest BCUT2D eigenvalue weighted by atomic mass is 9.66. The van der Waals surface area contributed by atoms with E-state index in [0.29, 0.717) is 6.54 Å². The molecule has 1 aromatic carbocycles. The van der Waals surface area contributed by atoms with Gasteiger partial charge in [0.05, 0.1) is 6.42 Å². The molecule has 1 amide bonds. The molecule has 0 heterocycles. The fourth-order valence-electron chi connectivity index (χ4n) is 2.79. The molecule has 21 heavy (non-hydrogen) atoms. The van der Waals surface area contributed by atoms with E-state index >= 15 is 0 Å². The predicted octanol–water partition coefficient (Wildman–Crippen LogP) is 1.84. The molecular formula is C16H22N2O3. The molecule has 2 rings (SSSR count).